The first-order valence-electron chi connectivity index (χ1n) is 6.34. The van der Waals surface area contributed by atoms with E-state index in [-0.39, 0.29) is 5.91 Å². The minimum Gasteiger partial charge on any atom is -0.290 e. The lowest BCUT2D eigenvalue weighted by Crippen LogP contribution is -2.62. The maximum atomic E-state index is 12.3. The topological polar surface area (TPSA) is 49.4 Å². The van der Waals surface area contributed by atoms with Gasteiger partial charge in [0.15, 0.2) is 0 Å². The maximum absolute atomic E-state index is 12.3. The van der Waals surface area contributed by atoms with Crippen molar-refractivity contribution in [3.8, 4) is 0 Å². The highest BCUT2D eigenvalue weighted by atomic mass is 32.1. The number of carbonyl (C=O) groups is 2. The number of hydrogen-bond donors (Lipinski definition) is 1. The van der Waals surface area contributed by atoms with Crippen molar-refractivity contribution in [2.75, 3.05) is 7.05 Å². The van der Waals surface area contributed by atoms with E-state index in [4.69, 9.17) is 12.2 Å². The van der Waals surface area contributed by atoms with E-state index in [2.05, 4.69) is 33.0 Å². The first kappa shape index (κ1) is 15.1. The van der Waals surface area contributed by atoms with E-state index in [1.54, 1.807) is 7.05 Å². The van der Waals surface area contributed by atoms with Crippen molar-refractivity contribution in [3.63, 3.8) is 0 Å². The van der Waals surface area contributed by atoms with Gasteiger partial charge in [0.1, 0.15) is 10.4 Å². The van der Waals surface area contributed by atoms with E-state index in [1.165, 1.54) is 4.90 Å². The molecular weight excluding hydrogens is 248 g/mol. The molecule has 18 heavy (non-hydrogen) atoms. The van der Waals surface area contributed by atoms with Crippen molar-refractivity contribution in [2.24, 2.45) is 17.3 Å². The van der Waals surface area contributed by atoms with Gasteiger partial charge in [-0.2, -0.15) is 0 Å². The number of nitrogens with zero attached hydrogens (tertiary/aromatic N) is 1. The quantitative estimate of drug-likeness (QED) is 0.799. The Morgan fingerprint density at radius 2 is 1.61 bits per heavy atom. The molecule has 0 spiro atoms. The standard InChI is InChI=1S/C13H22N2O2S/c1-8(2)6-13(7-9(3)4)10(16)14-12(17)15(5)11(13)18/h8-9H,6-7H2,1-5H3,(H,14,16,17). The summed E-state index contributed by atoms with van der Waals surface area (Å²) in [6, 6.07) is -0.423. The first-order chi connectivity index (χ1) is 8.20. The van der Waals surface area contributed by atoms with Crippen LogP contribution in [0.15, 0.2) is 0 Å². The number of imide groups is 1. The van der Waals surface area contributed by atoms with Crippen LogP contribution >= 0.6 is 12.2 Å². The van der Waals surface area contributed by atoms with Gasteiger partial charge in [-0.3, -0.25) is 15.0 Å². The molecule has 0 unspecified atom stereocenters. The SMILES string of the molecule is CC(C)CC1(CC(C)C)C(=O)NC(=O)N(C)C1=S. The Kier molecular flexibility index (Phi) is 4.48. The molecule has 1 aliphatic heterocycles. The van der Waals surface area contributed by atoms with Crippen LogP contribution in [0.1, 0.15) is 40.5 Å². The van der Waals surface area contributed by atoms with Crippen molar-refractivity contribution < 1.29 is 9.59 Å². The fourth-order valence-corrected chi connectivity index (χ4v) is 2.99. The third kappa shape index (κ3) is 2.71. The molecular formula is C13H22N2O2S. The van der Waals surface area contributed by atoms with E-state index >= 15 is 0 Å². The van der Waals surface area contributed by atoms with Gasteiger partial charge in [-0.15, -0.1) is 0 Å². The van der Waals surface area contributed by atoms with Gasteiger partial charge in [-0.05, 0) is 24.7 Å². The summed E-state index contributed by atoms with van der Waals surface area (Å²) in [6.07, 6.45) is 1.35. The monoisotopic (exact) mass is 270 g/mol. The third-order valence-corrected chi connectivity index (χ3v) is 3.85. The summed E-state index contributed by atoms with van der Waals surface area (Å²) in [6.45, 7) is 8.26. The second kappa shape index (κ2) is 5.34. The molecule has 0 aliphatic carbocycles. The molecule has 0 aromatic rings. The zero-order valence-corrected chi connectivity index (χ0v) is 12.6. The summed E-state index contributed by atoms with van der Waals surface area (Å²) in [4.78, 5) is 25.7. The number of urea groups is 1. The number of rotatable bonds is 4. The lowest BCUT2D eigenvalue weighted by atomic mass is 9.72. The summed E-state index contributed by atoms with van der Waals surface area (Å²) in [5.74, 6) is 0.445. The number of carbonyl (C=O) groups excluding carboxylic acids is 2. The first-order valence-corrected chi connectivity index (χ1v) is 6.75. The molecule has 0 radical (unpaired) electrons. The zero-order valence-electron chi connectivity index (χ0n) is 11.7. The summed E-state index contributed by atoms with van der Waals surface area (Å²) in [7, 11) is 1.62. The molecule has 1 rings (SSSR count). The van der Waals surface area contributed by atoms with Crippen molar-refractivity contribution in [1.29, 1.82) is 0 Å². The van der Waals surface area contributed by atoms with Gasteiger partial charge in [-0.1, -0.05) is 39.9 Å². The van der Waals surface area contributed by atoms with Crippen molar-refractivity contribution in [1.82, 2.24) is 10.2 Å². The Morgan fingerprint density at radius 3 is 2.00 bits per heavy atom. The van der Waals surface area contributed by atoms with Crippen LogP contribution in [-0.4, -0.2) is 28.9 Å². The Balaban J connectivity index is 3.17. The van der Waals surface area contributed by atoms with Crippen LogP contribution in [0, 0.1) is 17.3 Å². The number of hydrogen-bond acceptors (Lipinski definition) is 3. The fourth-order valence-electron chi connectivity index (χ4n) is 2.65. The van der Waals surface area contributed by atoms with Crippen molar-refractivity contribution in [3.05, 3.63) is 0 Å². The molecule has 1 fully saturated rings. The largest absolute Gasteiger partial charge is 0.328 e. The van der Waals surface area contributed by atoms with Crippen LogP contribution in [0.3, 0.4) is 0 Å². The van der Waals surface area contributed by atoms with E-state index in [0.29, 0.717) is 29.7 Å². The summed E-state index contributed by atoms with van der Waals surface area (Å²) < 4.78 is 0. The van der Waals surface area contributed by atoms with Crippen LogP contribution < -0.4 is 5.32 Å². The van der Waals surface area contributed by atoms with Gasteiger partial charge < -0.3 is 0 Å². The molecule has 1 saturated heterocycles. The fraction of sp³-hybridized carbons (Fsp3) is 0.769. The molecule has 5 heteroatoms. The van der Waals surface area contributed by atoms with E-state index in [1.807, 2.05) is 0 Å². The highest BCUT2D eigenvalue weighted by Gasteiger charge is 2.49. The molecule has 4 nitrogen and oxygen atoms in total. The van der Waals surface area contributed by atoms with Crippen LogP contribution in [0.2, 0.25) is 0 Å². The molecule has 0 bridgehead atoms. The normalized spacial score (nSPS) is 19.7. The van der Waals surface area contributed by atoms with Gasteiger partial charge in [0, 0.05) is 7.05 Å². The lowest BCUT2D eigenvalue weighted by Gasteiger charge is -2.42. The van der Waals surface area contributed by atoms with Crippen LogP contribution in [-0.2, 0) is 4.79 Å². The highest BCUT2D eigenvalue weighted by molar-refractivity contribution is 7.80. The number of thiocarbonyl (C=S) groups is 1. The van der Waals surface area contributed by atoms with E-state index in [0.717, 1.165) is 0 Å². The summed E-state index contributed by atoms with van der Waals surface area (Å²) in [5.41, 5.74) is -0.722. The average molecular weight is 270 g/mol. The third-order valence-electron chi connectivity index (χ3n) is 3.19. The van der Waals surface area contributed by atoms with Gasteiger partial charge in [0.05, 0.1) is 0 Å². The van der Waals surface area contributed by atoms with E-state index in [9.17, 15) is 9.59 Å². The molecule has 3 amide bonds. The van der Waals surface area contributed by atoms with Crippen LogP contribution in [0.4, 0.5) is 4.79 Å². The molecule has 0 saturated carbocycles. The number of nitrogens with one attached hydrogen (secondary N) is 1. The van der Waals surface area contributed by atoms with Crippen LogP contribution in [0.5, 0.6) is 0 Å². The maximum Gasteiger partial charge on any atom is 0.328 e. The van der Waals surface area contributed by atoms with Crippen molar-refractivity contribution in [2.45, 2.75) is 40.5 Å². The Bertz CT molecular complexity index is 367. The molecule has 1 N–H and O–H groups in total. The predicted molar refractivity (Wildman–Crippen MR) is 75.2 cm³/mol. The predicted octanol–water partition coefficient (Wildman–Crippen LogP) is 2.57. The smallest absolute Gasteiger partial charge is 0.290 e. The summed E-state index contributed by atoms with van der Waals surface area (Å²) >= 11 is 5.40. The number of amides is 3. The van der Waals surface area contributed by atoms with E-state index < -0.39 is 11.4 Å². The lowest BCUT2D eigenvalue weighted by molar-refractivity contribution is -0.129. The van der Waals surface area contributed by atoms with Gasteiger partial charge in [-0.25, -0.2) is 4.79 Å². The molecule has 102 valence electrons. The minimum atomic E-state index is -0.722. The van der Waals surface area contributed by atoms with Crippen molar-refractivity contribution >= 4 is 29.1 Å². The second-order valence-corrected chi connectivity index (χ2v) is 6.29. The molecule has 0 aromatic carbocycles. The Hall–Kier alpha value is -0.970. The molecule has 0 atom stereocenters. The van der Waals surface area contributed by atoms with Gasteiger partial charge in [0.2, 0.25) is 5.91 Å². The second-order valence-electron chi connectivity index (χ2n) is 5.90. The zero-order chi connectivity index (χ0) is 14.1. The molecule has 1 aliphatic rings. The Morgan fingerprint density at radius 1 is 1.17 bits per heavy atom. The molecule has 1 heterocycles. The highest BCUT2D eigenvalue weighted by Crippen LogP contribution is 2.38. The minimum absolute atomic E-state index is 0.238. The Labute approximate surface area is 114 Å². The van der Waals surface area contributed by atoms with Gasteiger partial charge >= 0.3 is 6.03 Å². The van der Waals surface area contributed by atoms with Crippen LogP contribution in [0.25, 0.3) is 0 Å². The summed E-state index contributed by atoms with van der Waals surface area (Å²) in [5, 5.41) is 2.42. The average Bonchev–Trinajstić information content (AvgIpc) is 2.22. The molecule has 0 aromatic heterocycles. The van der Waals surface area contributed by atoms with Gasteiger partial charge in [0.25, 0.3) is 0 Å².